The molecule has 2 aromatic carbocycles. The van der Waals surface area contributed by atoms with E-state index in [2.05, 4.69) is 32.2 Å². The highest BCUT2D eigenvalue weighted by atomic mass is 32.2. The van der Waals surface area contributed by atoms with Gasteiger partial charge in [0.15, 0.2) is 5.03 Å². The van der Waals surface area contributed by atoms with Crippen LogP contribution in [0, 0.1) is 0 Å². The standard InChI is InChI=1S/C20H21N5O2S/c1-2-25-18-9-4-3-8-17(18)23-19(25)11-10-15-6-5-7-16(12-15)24-28(26,27)20-13-21-14-22-20/h3-9,12-14,24H,2,10-11H2,1H3,(H,21,22). The molecule has 0 spiro atoms. The highest BCUT2D eigenvalue weighted by Gasteiger charge is 2.16. The quantitative estimate of drug-likeness (QED) is 0.502. The predicted octanol–water partition coefficient (Wildman–Crippen LogP) is 3.37. The highest BCUT2D eigenvalue weighted by molar-refractivity contribution is 7.92. The molecule has 0 unspecified atom stereocenters. The van der Waals surface area contributed by atoms with E-state index < -0.39 is 10.0 Å². The molecule has 4 rings (SSSR count). The van der Waals surface area contributed by atoms with Crippen LogP contribution in [0.3, 0.4) is 0 Å². The molecule has 0 bridgehead atoms. The summed E-state index contributed by atoms with van der Waals surface area (Å²) in [5.41, 5.74) is 3.71. The van der Waals surface area contributed by atoms with Crippen molar-refractivity contribution in [2.75, 3.05) is 4.72 Å². The van der Waals surface area contributed by atoms with Crippen molar-refractivity contribution in [1.82, 2.24) is 19.5 Å². The number of nitrogens with zero attached hydrogens (tertiary/aromatic N) is 3. The van der Waals surface area contributed by atoms with Crippen molar-refractivity contribution in [3.8, 4) is 0 Å². The van der Waals surface area contributed by atoms with E-state index >= 15 is 0 Å². The summed E-state index contributed by atoms with van der Waals surface area (Å²) >= 11 is 0. The van der Waals surface area contributed by atoms with Gasteiger partial charge in [0, 0.05) is 18.7 Å². The normalized spacial score (nSPS) is 11.8. The second-order valence-corrected chi connectivity index (χ2v) is 8.13. The maximum absolute atomic E-state index is 12.3. The average molecular weight is 395 g/mol. The van der Waals surface area contributed by atoms with Crippen molar-refractivity contribution in [1.29, 1.82) is 0 Å². The second-order valence-electron chi connectivity index (χ2n) is 6.48. The van der Waals surface area contributed by atoms with Crippen LogP contribution in [-0.4, -0.2) is 27.9 Å². The number of fused-ring (bicyclic) bond motifs is 1. The third kappa shape index (κ3) is 3.63. The Balaban J connectivity index is 1.52. The van der Waals surface area contributed by atoms with Crippen LogP contribution in [0.15, 0.2) is 66.1 Å². The Morgan fingerprint density at radius 1 is 1.11 bits per heavy atom. The van der Waals surface area contributed by atoms with E-state index in [0.717, 1.165) is 41.8 Å². The molecule has 4 aromatic rings. The van der Waals surface area contributed by atoms with Gasteiger partial charge in [0.25, 0.3) is 10.0 Å². The molecule has 0 fully saturated rings. The molecule has 2 heterocycles. The van der Waals surface area contributed by atoms with Gasteiger partial charge < -0.3 is 9.55 Å². The Hall–Kier alpha value is -3.13. The lowest BCUT2D eigenvalue weighted by Crippen LogP contribution is -2.13. The van der Waals surface area contributed by atoms with Crippen molar-refractivity contribution < 1.29 is 8.42 Å². The number of rotatable bonds is 7. The number of para-hydroxylation sites is 2. The minimum Gasteiger partial charge on any atom is -0.334 e. The van der Waals surface area contributed by atoms with E-state index in [-0.39, 0.29) is 5.03 Å². The summed E-state index contributed by atoms with van der Waals surface area (Å²) < 4.78 is 29.5. The van der Waals surface area contributed by atoms with Crippen molar-refractivity contribution in [2.45, 2.75) is 31.3 Å². The fourth-order valence-corrected chi connectivity index (χ4v) is 4.27. The zero-order valence-corrected chi connectivity index (χ0v) is 16.3. The number of imidazole rings is 2. The first-order valence-electron chi connectivity index (χ1n) is 9.11. The molecule has 2 N–H and O–H groups in total. The molecular weight excluding hydrogens is 374 g/mol. The molecule has 0 saturated heterocycles. The summed E-state index contributed by atoms with van der Waals surface area (Å²) in [6.45, 7) is 2.97. The Morgan fingerprint density at radius 2 is 1.96 bits per heavy atom. The Labute approximate surface area is 163 Å². The van der Waals surface area contributed by atoms with Crippen LogP contribution < -0.4 is 4.72 Å². The minimum atomic E-state index is -3.67. The van der Waals surface area contributed by atoms with Crippen LogP contribution in [-0.2, 0) is 29.4 Å². The lowest BCUT2D eigenvalue weighted by atomic mass is 10.1. The van der Waals surface area contributed by atoms with Crippen molar-refractivity contribution in [3.63, 3.8) is 0 Å². The lowest BCUT2D eigenvalue weighted by Gasteiger charge is -2.09. The SMILES string of the molecule is CCn1c(CCc2cccc(NS(=O)(=O)c3cnc[nH]3)c2)nc2ccccc21. The van der Waals surface area contributed by atoms with E-state index in [1.165, 1.54) is 12.5 Å². The van der Waals surface area contributed by atoms with Gasteiger partial charge in [0.05, 0.1) is 23.6 Å². The second kappa shape index (κ2) is 7.47. The molecule has 0 atom stereocenters. The number of aromatic amines is 1. The monoisotopic (exact) mass is 395 g/mol. The molecule has 28 heavy (non-hydrogen) atoms. The largest absolute Gasteiger partial charge is 0.334 e. The first-order valence-corrected chi connectivity index (χ1v) is 10.6. The van der Waals surface area contributed by atoms with Gasteiger partial charge in [-0.2, -0.15) is 8.42 Å². The van der Waals surface area contributed by atoms with Crippen molar-refractivity contribution >= 4 is 26.7 Å². The summed E-state index contributed by atoms with van der Waals surface area (Å²) in [5.74, 6) is 1.03. The van der Waals surface area contributed by atoms with E-state index in [0.29, 0.717) is 5.69 Å². The third-order valence-corrected chi connectivity index (χ3v) is 5.94. The lowest BCUT2D eigenvalue weighted by molar-refractivity contribution is 0.598. The van der Waals surface area contributed by atoms with Crippen LogP contribution in [0.1, 0.15) is 18.3 Å². The van der Waals surface area contributed by atoms with Crippen LogP contribution in [0.2, 0.25) is 0 Å². The number of aromatic nitrogens is 4. The van der Waals surface area contributed by atoms with Gasteiger partial charge in [-0.1, -0.05) is 24.3 Å². The molecule has 0 aliphatic rings. The number of benzene rings is 2. The van der Waals surface area contributed by atoms with Gasteiger partial charge in [-0.05, 0) is 43.2 Å². The van der Waals surface area contributed by atoms with E-state index in [1.54, 1.807) is 6.07 Å². The smallest absolute Gasteiger partial charge is 0.278 e. The van der Waals surface area contributed by atoms with Gasteiger partial charge in [-0.15, -0.1) is 0 Å². The Bertz CT molecular complexity index is 1200. The molecule has 0 amide bonds. The Kier molecular flexibility index (Phi) is 4.87. The summed E-state index contributed by atoms with van der Waals surface area (Å²) in [5, 5.41) is 0.0366. The van der Waals surface area contributed by atoms with Crippen molar-refractivity contribution in [2.24, 2.45) is 0 Å². The fourth-order valence-electron chi connectivity index (χ4n) is 3.32. The zero-order chi connectivity index (χ0) is 19.6. The molecule has 0 radical (unpaired) electrons. The molecule has 7 nitrogen and oxygen atoms in total. The molecule has 0 aliphatic carbocycles. The molecule has 8 heteroatoms. The number of sulfonamides is 1. The van der Waals surface area contributed by atoms with Crippen LogP contribution in [0.4, 0.5) is 5.69 Å². The zero-order valence-electron chi connectivity index (χ0n) is 15.5. The van der Waals surface area contributed by atoms with Crippen LogP contribution in [0.25, 0.3) is 11.0 Å². The van der Waals surface area contributed by atoms with Gasteiger partial charge in [-0.3, -0.25) is 4.72 Å². The first kappa shape index (κ1) is 18.2. The minimum absolute atomic E-state index is 0.0366. The van der Waals surface area contributed by atoms with Crippen molar-refractivity contribution in [3.05, 3.63) is 72.4 Å². The topological polar surface area (TPSA) is 92.7 Å². The van der Waals surface area contributed by atoms with Gasteiger partial charge in [0.2, 0.25) is 0 Å². The van der Waals surface area contributed by atoms with E-state index in [9.17, 15) is 8.42 Å². The summed E-state index contributed by atoms with van der Waals surface area (Å²) in [7, 11) is -3.67. The van der Waals surface area contributed by atoms with Gasteiger partial charge in [0.1, 0.15) is 5.82 Å². The molecule has 0 saturated carbocycles. The fraction of sp³-hybridized carbons (Fsp3) is 0.200. The molecule has 0 aliphatic heterocycles. The number of nitrogens with one attached hydrogen (secondary N) is 2. The number of aryl methyl sites for hydroxylation is 3. The van der Waals surface area contributed by atoms with Gasteiger partial charge in [-0.25, -0.2) is 9.97 Å². The summed E-state index contributed by atoms with van der Waals surface area (Å²) in [4.78, 5) is 11.1. The maximum atomic E-state index is 12.3. The van der Waals surface area contributed by atoms with E-state index in [4.69, 9.17) is 4.98 Å². The number of H-pyrrole nitrogens is 1. The van der Waals surface area contributed by atoms with Gasteiger partial charge >= 0.3 is 0 Å². The molecular formula is C20H21N5O2S. The summed E-state index contributed by atoms with van der Waals surface area (Å²) in [6, 6.07) is 15.6. The number of hydrogen-bond donors (Lipinski definition) is 2. The maximum Gasteiger partial charge on any atom is 0.278 e. The van der Waals surface area contributed by atoms with Crippen LogP contribution in [0.5, 0.6) is 0 Å². The molecule has 144 valence electrons. The molecule has 2 aromatic heterocycles. The van der Waals surface area contributed by atoms with E-state index in [1.807, 2.05) is 36.4 Å². The average Bonchev–Trinajstić information content (AvgIpc) is 3.34. The first-order chi connectivity index (χ1) is 13.6. The van der Waals surface area contributed by atoms with Crippen LogP contribution >= 0.6 is 0 Å². The highest BCUT2D eigenvalue weighted by Crippen LogP contribution is 2.19. The predicted molar refractivity (Wildman–Crippen MR) is 109 cm³/mol. The number of anilines is 1. The third-order valence-electron chi connectivity index (χ3n) is 4.63. The summed E-state index contributed by atoms with van der Waals surface area (Å²) in [6.07, 6.45) is 4.16. The number of hydrogen-bond acceptors (Lipinski definition) is 4. The Morgan fingerprint density at radius 3 is 2.75 bits per heavy atom.